The summed E-state index contributed by atoms with van der Waals surface area (Å²) in [6.45, 7) is 2.37. The molecule has 0 atom stereocenters. The third-order valence-electron chi connectivity index (χ3n) is 4.41. The first-order valence-corrected chi connectivity index (χ1v) is 10.3. The Bertz CT molecular complexity index is 810. The first-order chi connectivity index (χ1) is 13.0. The molecule has 4 rings (SSSR count). The number of aliphatic hydroxyl groups is 1. The lowest BCUT2D eigenvalue weighted by atomic mass is 10.0. The van der Waals surface area contributed by atoms with Crippen LogP contribution >= 0.6 is 35.1 Å². The van der Waals surface area contributed by atoms with Gasteiger partial charge in [0.2, 0.25) is 6.41 Å². The van der Waals surface area contributed by atoms with E-state index in [1.54, 1.807) is 0 Å². The van der Waals surface area contributed by atoms with Crippen molar-refractivity contribution in [3.8, 4) is 11.1 Å². The topological polar surface area (TPSA) is 69.8 Å². The van der Waals surface area contributed by atoms with Crippen molar-refractivity contribution in [1.82, 2.24) is 0 Å². The third kappa shape index (κ3) is 4.82. The first kappa shape index (κ1) is 20.1. The van der Waals surface area contributed by atoms with Crippen molar-refractivity contribution in [1.29, 1.82) is 0 Å². The molecule has 0 bridgehead atoms. The highest BCUT2D eigenvalue weighted by molar-refractivity contribution is 8.00. The molecule has 2 heterocycles. The minimum Gasteiger partial charge on any atom is -0.389 e. The highest BCUT2D eigenvalue weighted by Crippen LogP contribution is 2.38. The van der Waals surface area contributed by atoms with Crippen molar-refractivity contribution >= 4 is 52.9 Å². The quantitative estimate of drug-likeness (QED) is 0.577. The maximum absolute atomic E-state index is 9.53. The van der Waals surface area contributed by atoms with Crippen LogP contribution in [0.2, 0.25) is 10.0 Å². The molecule has 27 heavy (non-hydrogen) atoms. The van der Waals surface area contributed by atoms with Gasteiger partial charge in [0.1, 0.15) is 0 Å². The number of primary amides is 1. The number of benzene rings is 2. The summed E-state index contributed by atoms with van der Waals surface area (Å²) in [5.41, 5.74) is 8.37. The minimum atomic E-state index is -0.244. The Labute approximate surface area is 173 Å². The molecule has 0 unspecified atom stereocenters. The summed E-state index contributed by atoms with van der Waals surface area (Å²) < 4.78 is 2.32. The van der Waals surface area contributed by atoms with Crippen molar-refractivity contribution in [3.63, 3.8) is 0 Å². The first-order valence-electron chi connectivity index (χ1n) is 8.61. The van der Waals surface area contributed by atoms with E-state index in [4.69, 9.17) is 28.0 Å². The van der Waals surface area contributed by atoms with Crippen LogP contribution in [0, 0.1) is 0 Å². The van der Waals surface area contributed by atoms with Crippen LogP contribution in [0.4, 0.5) is 11.4 Å². The predicted molar refractivity (Wildman–Crippen MR) is 115 cm³/mol. The highest BCUT2D eigenvalue weighted by atomic mass is 35.5. The van der Waals surface area contributed by atoms with Crippen LogP contribution in [0.1, 0.15) is 6.42 Å². The van der Waals surface area contributed by atoms with Crippen LogP contribution in [0.15, 0.2) is 36.4 Å². The van der Waals surface area contributed by atoms with Crippen molar-refractivity contribution < 1.29 is 9.90 Å². The van der Waals surface area contributed by atoms with Gasteiger partial charge in [-0.2, -0.15) is 0 Å². The van der Waals surface area contributed by atoms with Gasteiger partial charge in [-0.3, -0.25) is 4.79 Å². The highest BCUT2D eigenvalue weighted by Gasteiger charge is 2.25. The van der Waals surface area contributed by atoms with Gasteiger partial charge in [-0.25, -0.2) is 0 Å². The van der Waals surface area contributed by atoms with Gasteiger partial charge in [-0.05, 0) is 60.3 Å². The van der Waals surface area contributed by atoms with E-state index in [0.717, 1.165) is 34.1 Å². The number of anilines is 2. The van der Waals surface area contributed by atoms with Gasteiger partial charge in [-0.1, -0.05) is 23.2 Å². The molecule has 0 spiro atoms. The average Bonchev–Trinajstić information content (AvgIpc) is 3.14. The van der Waals surface area contributed by atoms with Crippen molar-refractivity contribution in [2.45, 2.75) is 12.5 Å². The molecule has 2 aliphatic rings. The molecule has 0 aromatic heterocycles. The molecule has 144 valence electrons. The monoisotopic (exact) mass is 425 g/mol. The standard InChI is InChI=1S/C18H18Cl2N2OS.CH3NO/c19-13-6-12(7-15(8-13)21-10-16(23)11-21)17-9-14(2-3-18(17)20)22-4-1-5-24-22;2-1-3/h2-3,6-9,16,23H,1,4-5,10-11H2;1H,(H2,2,3). The maximum atomic E-state index is 9.53. The zero-order valence-electron chi connectivity index (χ0n) is 14.6. The van der Waals surface area contributed by atoms with Gasteiger partial charge in [0.15, 0.2) is 0 Å². The second-order valence-corrected chi connectivity index (χ2v) is 8.30. The molecular formula is C19H21Cl2N3O2S. The summed E-state index contributed by atoms with van der Waals surface area (Å²) in [5, 5.41) is 10.9. The summed E-state index contributed by atoms with van der Waals surface area (Å²) in [6.07, 6.45) is 1.22. The Morgan fingerprint density at radius 3 is 2.52 bits per heavy atom. The Morgan fingerprint density at radius 2 is 1.89 bits per heavy atom. The lowest BCUT2D eigenvalue weighted by molar-refractivity contribution is -0.106. The number of nitrogens with two attached hydrogens (primary N) is 1. The third-order valence-corrected chi connectivity index (χ3v) is 6.14. The van der Waals surface area contributed by atoms with Gasteiger partial charge in [0.05, 0.1) is 6.10 Å². The molecular weight excluding hydrogens is 405 g/mol. The average molecular weight is 426 g/mol. The minimum absolute atomic E-state index is 0.244. The molecule has 1 amide bonds. The number of carbonyl (C=O) groups is 1. The molecule has 2 aliphatic heterocycles. The normalized spacial score (nSPS) is 16.6. The van der Waals surface area contributed by atoms with Gasteiger partial charge >= 0.3 is 0 Å². The van der Waals surface area contributed by atoms with E-state index >= 15 is 0 Å². The lowest BCUT2D eigenvalue weighted by Gasteiger charge is -2.38. The number of carbonyl (C=O) groups excluding carboxylic acids is 1. The summed E-state index contributed by atoms with van der Waals surface area (Å²) in [5.74, 6) is 1.16. The fourth-order valence-corrected chi connectivity index (χ4v) is 4.57. The predicted octanol–water partition coefficient (Wildman–Crippen LogP) is 3.80. The number of halogens is 2. The largest absolute Gasteiger partial charge is 0.389 e. The van der Waals surface area contributed by atoms with Crippen LogP contribution < -0.4 is 14.9 Å². The fraction of sp³-hybridized carbons (Fsp3) is 0.316. The molecule has 2 saturated heterocycles. The maximum Gasteiger partial charge on any atom is 0.204 e. The van der Waals surface area contributed by atoms with Crippen molar-refractivity contribution in [2.75, 3.05) is 34.6 Å². The van der Waals surface area contributed by atoms with E-state index in [1.165, 1.54) is 12.1 Å². The Hall–Kier alpha value is -1.60. The molecule has 8 heteroatoms. The lowest BCUT2D eigenvalue weighted by Crippen LogP contribution is -2.50. The Morgan fingerprint density at radius 1 is 1.15 bits per heavy atom. The number of hydrogen-bond acceptors (Lipinski definition) is 5. The Kier molecular flexibility index (Phi) is 6.76. The molecule has 3 N–H and O–H groups in total. The molecule has 2 aromatic rings. The Balaban J connectivity index is 0.000000659. The van der Waals surface area contributed by atoms with E-state index in [-0.39, 0.29) is 12.5 Å². The smallest absolute Gasteiger partial charge is 0.204 e. The summed E-state index contributed by atoms with van der Waals surface area (Å²) in [4.78, 5) is 10.7. The van der Waals surface area contributed by atoms with Gasteiger partial charge in [0, 0.05) is 52.4 Å². The SMILES string of the molecule is NC=O.OC1CN(c2cc(Cl)cc(-c3cc(N4CCCS4)ccc3Cl)c2)C1. The van der Waals surface area contributed by atoms with Crippen LogP contribution in [0.3, 0.4) is 0 Å². The zero-order valence-corrected chi connectivity index (χ0v) is 17.0. The summed E-state index contributed by atoms with van der Waals surface area (Å²) in [7, 11) is 0. The molecule has 2 aromatic carbocycles. The number of β-amino-alcohol motifs (C(OH)–C–C–N with tert-alkyl or cyclic N) is 1. The van der Waals surface area contributed by atoms with Crippen LogP contribution in [-0.2, 0) is 4.79 Å². The molecule has 0 radical (unpaired) electrons. The number of nitrogens with zero attached hydrogens (tertiary/aromatic N) is 2. The van der Waals surface area contributed by atoms with E-state index in [2.05, 4.69) is 33.1 Å². The van der Waals surface area contributed by atoms with Gasteiger partial charge in [0.25, 0.3) is 0 Å². The van der Waals surface area contributed by atoms with Crippen LogP contribution in [-0.4, -0.2) is 43.0 Å². The number of rotatable bonds is 3. The molecule has 2 fully saturated rings. The fourth-order valence-electron chi connectivity index (χ4n) is 3.12. The van der Waals surface area contributed by atoms with E-state index in [9.17, 15) is 5.11 Å². The molecule has 5 nitrogen and oxygen atoms in total. The zero-order chi connectivity index (χ0) is 19.4. The van der Waals surface area contributed by atoms with Gasteiger partial charge in [-0.15, -0.1) is 0 Å². The number of aliphatic hydroxyl groups excluding tert-OH is 1. The van der Waals surface area contributed by atoms with E-state index in [0.29, 0.717) is 18.1 Å². The second-order valence-electron chi connectivity index (χ2n) is 6.35. The number of amides is 1. The number of hydrogen-bond donors (Lipinski definition) is 2. The summed E-state index contributed by atoms with van der Waals surface area (Å²) >= 11 is 14.7. The second kappa shape index (κ2) is 9.06. The van der Waals surface area contributed by atoms with Crippen LogP contribution in [0.25, 0.3) is 11.1 Å². The van der Waals surface area contributed by atoms with E-state index < -0.39 is 0 Å². The van der Waals surface area contributed by atoms with Crippen molar-refractivity contribution in [3.05, 3.63) is 46.4 Å². The van der Waals surface area contributed by atoms with E-state index in [1.807, 2.05) is 30.1 Å². The summed E-state index contributed by atoms with van der Waals surface area (Å²) in [6, 6.07) is 12.1. The molecule has 0 saturated carbocycles. The van der Waals surface area contributed by atoms with Crippen molar-refractivity contribution in [2.24, 2.45) is 5.73 Å². The molecule has 0 aliphatic carbocycles. The van der Waals surface area contributed by atoms with Crippen LogP contribution in [0.5, 0.6) is 0 Å². The van der Waals surface area contributed by atoms with Gasteiger partial charge < -0.3 is 20.0 Å².